The predicted octanol–water partition coefficient (Wildman–Crippen LogP) is 4.23. The van der Waals surface area contributed by atoms with Crippen LogP contribution in [0.4, 0.5) is 5.69 Å². The fraction of sp³-hybridized carbons (Fsp3) is 0.409. The summed E-state index contributed by atoms with van der Waals surface area (Å²) in [7, 11) is 1.68. The van der Waals surface area contributed by atoms with Crippen molar-refractivity contribution in [2.75, 3.05) is 38.2 Å². The van der Waals surface area contributed by atoms with Crippen molar-refractivity contribution in [1.82, 2.24) is 4.90 Å². The first-order chi connectivity index (χ1) is 13.1. The van der Waals surface area contributed by atoms with Gasteiger partial charge in [-0.1, -0.05) is 28.1 Å². The van der Waals surface area contributed by atoms with Crippen molar-refractivity contribution in [3.63, 3.8) is 0 Å². The molecule has 2 aliphatic rings. The fourth-order valence-corrected chi connectivity index (χ4v) is 4.26. The third-order valence-electron chi connectivity index (χ3n) is 5.78. The van der Waals surface area contributed by atoms with Crippen LogP contribution in [0.5, 0.6) is 5.75 Å². The molecule has 0 atom stereocenters. The van der Waals surface area contributed by atoms with E-state index < -0.39 is 0 Å². The average molecular weight is 429 g/mol. The van der Waals surface area contributed by atoms with Crippen LogP contribution in [0, 0.1) is 0 Å². The van der Waals surface area contributed by atoms with Crippen LogP contribution in [0.25, 0.3) is 0 Å². The summed E-state index contributed by atoms with van der Waals surface area (Å²) in [5.41, 5.74) is 2.07. The van der Waals surface area contributed by atoms with E-state index in [-0.39, 0.29) is 5.41 Å². The first-order valence-corrected chi connectivity index (χ1v) is 10.4. The molecule has 0 radical (unpaired) electrons. The normalized spacial score (nSPS) is 18.7. The third-order valence-corrected chi connectivity index (χ3v) is 6.31. The number of hydrogen-bond acceptors (Lipinski definition) is 3. The zero-order chi connectivity index (χ0) is 18.9. The smallest absolute Gasteiger partial charge is 0.233 e. The maximum absolute atomic E-state index is 13.3. The maximum atomic E-state index is 13.3. The summed E-state index contributed by atoms with van der Waals surface area (Å²) in [6.45, 7) is 3.46. The van der Waals surface area contributed by atoms with Crippen molar-refractivity contribution in [1.29, 1.82) is 0 Å². The molecule has 1 amide bonds. The molecule has 142 valence electrons. The van der Waals surface area contributed by atoms with Gasteiger partial charge in [-0.2, -0.15) is 0 Å². The number of ether oxygens (including phenoxy) is 1. The van der Waals surface area contributed by atoms with E-state index in [0.717, 1.165) is 61.2 Å². The molecule has 1 heterocycles. The van der Waals surface area contributed by atoms with E-state index in [4.69, 9.17) is 4.74 Å². The number of halogens is 1. The van der Waals surface area contributed by atoms with Gasteiger partial charge in [-0.3, -0.25) is 4.79 Å². The number of rotatable bonds is 4. The van der Waals surface area contributed by atoms with Crippen LogP contribution < -0.4 is 9.64 Å². The number of amides is 1. The highest BCUT2D eigenvalue weighted by Crippen LogP contribution is 2.49. The van der Waals surface area contributed by atoms with Gasteiger partial charge in [0.05, 0.1) is 12.5 Å². The number of hydrogen-bond donors (Lipinski definition) is 0. The number of nitrogens with zero attached hydrogens (tertiary/aromatic N) is 2. The Kier molecular flexibility index (Phi) is 5.13. The zero-order valence-electron chi connectivity index (χ0n) is 15.7. The van der Waals surface area contributed by atoms with Crippen molar-refractivity contribution in [2.24, 2.45) is 0 Å². The molecule has 2 aromatic rings. The first-order valence-electron chi connectivity index (χ1n) is 9.57. The number of benzene rings is 2. The topological polar surface area (TPSA) is 32.8 Å². The van der Waals surface area contributed by atoms with Crippen LogP contribution in [0.3, 0.4) is 0 Å². The quantitative estimate of drug-likeness (QED) is 0.730. The zero-order valence-corrected chi connectivity index (χ0v) is 17.2. The summed E-state index contributed by atoms with van der Waals surface area (Å²) in [6.07, 6.45) is 2.92. The molecule has 0 bridgehead atoms. The van der Waals surface area contributed by atoms with Gasteiger partial charge in [-0.15, -0.1) is 0 Å². The van der Waals surface area contributed by atoms with E-state index >= 15 is 0 Å². The van der Waals surface area contributed by atoms with E-state index in [1.54, 1.807) is 7.11 Å². The van der Waals surface area contributed by atoms with E-state index in [2.05, 4.69) is 50.0 Å². The number of anilines is 1. The molecule has 0 spiro atoms. The minimum absolute atomic E-state index is 0.282. The molecule has 0 unspecified atom stereocenters. The molecule has 1 aliphatic heterocycles. The molecule has 1 saturated carbocycles. The standard InChI is InChI=1S/C22H25BrN2O2/c1-27-20-9-7-19(8-10-20)24-13-2-14-25(16-15-24)21(26)22(11-12-22)17-3-5-18(23)6-4-17/h3-10H,2,11-16H2,1H3. The monoisotopic (exact) mass is 428 g/mol. The molecule has 4 rings (SSSR count). The van der Waals surface area contributed by atoms with Crippen molar-refractivity contribution >= 4 is 27.5 Å². The van der Waals surface area contributed by atoms with Crippen molar-refractivity contribution in [2.45, 2.75) is 24.7 Å². The van der Waals surface area contributed by atoms with Gasteiger partial charge < -0.3 is 14.5 Å². The van der Waals surface area contributed by atoms with E-state index in [9.17, 15) is 4.79 Å². The van der Waals surface area contributed by atoms with Crippen LogP contribution in [-0.2, 0) is 10.2 Å². The molecule has 4 nitrogen and oxygen atoms in total. The lowest BCUT2D eigenvalue weighted by Gasteiger charge is -2.27. The molecule has 1 saturated heterocycles. The second-order valence-corrected chi connectivity index (χ2v) is 8.34. The predicted molar refractivity (Wildman–Crippen MR) is 111 cm³/mol. The first kappa shape index (κ1) is 18.4. The molecule has 2 fully saturated rings. The van der Waals surface area contributed by atoms with E-state index in [1.807, 2.05) is 24.3 Å². The van der Waals surface area contributed by atoms with Crippen LogP contribution in [0.1, 0.15) is 24.8 Å². The second kappa shape index (κ2) is 7.55. The summed E-state index contributed by atoms with van der Waals surface area (Å²) in [5.74, 6) is 1.18. The minimum Gasteiger partial charge on any atom is -0.497 e. The Morgan fingerprint density at radius 1 is 0.963 bits per heavy atom. The molecule has 0 aromatic heterocycles. The van der Waals surface area contributed by atoms with Gasteiger partial charge in [0.25, 0.3) is 0 Å². The van der Waals surface area contributed by atoms with Gasteiger partial charge >= 0.3 is 0 Å². The van der Waals surface area contributed by atoms with Crippen LogP contribution >= 0.6 is 15.9 Å². The Morgan fingerprint density at radius 3 is 2.30 bits per heavy atom. The maximum Gasteiger partial charge on any atom is 0.233 e. The molecule has 27 heavy (non-hydrogen) atoms. The van der Waals surface area contributed by atoms with Gasteiger partial charge in [-0.05, 0) is 61.2 Å². The highest BCUT2D eigenvalue weighted by Gasteiger charge is 2.52. The summed E-state index contributed by atoms with van der Waals surface area (Å²) in [6, 6.07) is 16.5. The number of methoxy groups -OCH3 is 1. The molecular weight excluding hydrogens is 404 g/mol. The van der Waals surface area contributed by atoms with Crippen molar-refractivity contribution in [3.05, 3.63) is 58.6 Å². The summed E-state index contributed by atoms with van der Waals surface area (Å²) in [5, 5.41) is 0. The second-order valence-electron chi connectivity index (χ2n) is 7.42. The number of carbonyl (C=O) groups excluding carboxylic acids is 1. The average Bonchev–Trinajstić information content (AvgIpc) is 3.53. The van der Waals surface area contributed by atoms with Gasteiger partial charge in [0, 0.05) is 36.3 Å². The summed E-state index contributed by atoms with van der Waals surface area (Å²) < 4.78 is 6.30. The highest BCUT2D eigenvalue weighted by molar-refractivity contribution is 9.10. The Labute approximate surface area is 169 Å². The molecule has 1 aliphatic carbocycles. The van der Waals surface area contributed by atoms with Gasteiger partial charge in [0.1, 0.15) is 5.75 Å². The van der Waals surface area contributed by atoms with Crippen LogP contribution in [-0.4, -0.2) is 44.1 Å². The van der Waals surface area contributed by atoms with Gasteiger partial charge in [0.2, 0.25) is 5.91 Å². The Bertz CT molecular complexity index is 800. The van der Waals surface area contributed by atoms with Crippen molar-refractivity contribution in [3.8, 4) is 5.75 Å². The van der Waals surface area contributed by atoms with Gasteiger partial charge in [0.15, 0.2) is 0 Å². The summed E-state index contributed by atoms with van der Waals surface area (Å²) >= 11 is 3.49. The lowest BCUT2D eigenvalue weighted by Crippen LogP contribution is -2.41. The molecule has 0 N–H and O–H groups in total. The highest BCUT2D eigenvalue weighted by atomic mass is 79.9. The van der Waals surface area contributed by atoms with E-state index in [0.29, 0.717) is 5.91 Å². The number of carbonyl (C=O) groups is 1. The van der Waals surface area contributed by atoms with Crippen LogP contribution in [0.15, 0.2) is 53.0 Å². The Balaban J connectivity index is 1.44. The fourth-order valence-electron chi connectivity index (χ4n) is 3.99. The SMILES string of the molecule is COc1ccc(N2CCCN(C(=O)C3(c4ccc(Br)cc4)CC3)CC2)cc1. The lowest BCUT2D eigenvalue weighted by molar-refractivity contribution is -0.133. The molecule has 2 aromatic carbocycles. The van der Waals surface area contributed by atoms with Crippen LogP contribution in [0.2, 0.25) is 0 Å². The largest absolute Gasteiger partial charge is 0.497 e. The Morgan fingerprint density at radius 2 is 1.67 bits per heavy atom. The molecular formula is C22H25BrN2O2. The third kappa shape index (κ3) is 3.70. The van der Waals surface area contributed by atoms with Gasteiger partial charge in [-0.25, -0.2) is 0 Å². The lowest BCUT2D eigenvalue weighted by atomic mass is 9.94. The van der Waals surface area contributed by atoms with E-state index in [1.165, 1.54) is 5.69 Å². The Hall–Kier alpha value is -2.01. The minimum atomic E-state index is -0.282. The van der Waals surface area contributed by atoms with Crippen molar-refractivity contribution < 1.29 is 9.53 Å². The molecule has 5 heteroatoms. The summed E-state index contributed by atoms with van der Waals surface area (Å²) in [4.78, 5) is 17.8.